The third-order valence-electron chi connectivity index (χ3n) is 2.78. The molecule has 0 fully saturated rings. The van der Waals surface area contributed by atoms with Gasteiger partial charge in [-0.05, 0) is 26.0 Å². The van der Waals surface area contributed by atoms with Crippen LogP contribution < -0.4 is 5.73 Å². The molecule has 2 rings (SSSR count). The first kappa shape index (κ1) is 11.4. The molecule has 0 unspecified atom stereocenters. The third kappa shape index (κ3) is 2.06. The highest BCUT2D eigenvalue weighted by Gasteiger charge is 2.31. The maximum Gasteiger partial charge on any atom is 0.229 e. The highest BCUT2D eigenvalue weighted by Crippen LogP contribution is 2.25. The minimum atomic E-state index is -0.823. The van der Waals surface area contributed by atoms with Crippen LogP contribution in [0, 0.1) is 0 Å². The van der Waals surface area contributed by atoms with Crippen LogP contribution in [0.5, 0.6) is 0 Å². The van der Waals surface area contributed by atoms with E-state index in [-0.39, 0.29) is 0 Å². The number of amides is 1. The van der Waals surface area contributed by atoms with E-state index in [1.807, 2.05) is 30.3 Å². The number of carbonyl (C=O) groups excluding carboxylic acids is 1. The monoisotopic (exact) mass is 230 g/mol. The SMILES string of the molecule is CC(C)(C(N)=O)c1coc(-c2ccccc2)n1. The van der Waals surface area contributed by atoms with Gasteiger partial charge in [0.15, 0.2) is 0 Å². The molecule has 4 heteroatoms. The Morgan fingerprint density at radius 2 is 1.94 bits per heavy atom. The lowest BCUT2D eigenvalue weighted by Gasteiger charge is -2.16. The Kier molecular flexibility index (Phi) is 2.71. The fourth-order valence-electron chi connectivity index (χ4n) is 1.40. The van der Waals surface area contributed by atoms with Crippen molar-refractivity contribution in [3.8, 4) is 11.5 Å². The summed E-state index contributed by atoms with van der Waals surface area (Å²) in [6.07, 6.45) is 1.48. The van der Waals surface area contributed by atoms with Gasteiger partial charge in [-0.15, -0.1) is 0 Å². The van der Waals surface area contributed by atoms with Crippen LogP contribution in [0.1, 0.15) is 19.5 Å². The Balaban J connectivity index is 2.38. The van der Waals surface area contributed by atoms with Crippen LogP contribution in [0.15, 0.2) is 41.0 Å². The summed E-state index contributed by atoms with van der Waals surface area (Å²) in [6.45, 7) is 3.45. The second-order valence-corrected chi connectivity index (χ2v) is 4.39. The Morgan fingerprint density at radius 3 is 2.53 bits per heavy atom. The van der Waals surface area contributed by atoms with Crippen molar-refractivity contribution in [3.63, 3.8) is 0 Å². The number of benzene rings is 1. The average Bonchev–Trinajstić information content (AvgIpc) is 2.80. The van der Waals surface area contributed by atoms with Crippen LogP contribution in [0.2, 0.25) is 0 Å². The van der Waals surface area contributed by atoms with E-state index in [1.54, 1.807) is 13.8 Å². The molecule has 2 N–H and O–H groups in total. The van der Waals surface area contributed by atoms with Crippen LogP contribution in [-0.4, -0.2) is 10.9 Å². The molecule has 0 saturated heterocycles. The van der Waals surface area contributed by atoms with Gasteiger partial charge in [0.2, 0.25) is 11.8 Å². The number of carbonyl (C=O) groups is 1. The zero-order chi connectivity index (χ0) is 12.5. The van der Waals surface area contributed by atoms with Crippen molar-refractivity contribution in [2.75, 3.05) is 0 Å². The molecule has 0 spiro atoms. The van der Waals surface area contributed by atoms with E-state index in [9.17, 15) is 4.79 Å². The zero-order valence-electron chi connectivity index (χ0n) is 9.81. The van der Waals surface area contributed by atoms with E-state index in [0.29, 0.717) is 11.6 Å². The highest BCUT2D eigenvalue weighted by molar-refractivity contribution is 5.85. The Labute approximate surface area is 99.5 Å². The van der Waals surface area contributed by atoms with Gasteiger partial charge in [-0.1, -0.05) is 18.2 Å². The number of aromatic nitrogens is 1. The van der Waals surface area contributed by atoms with Crippen molar-refractivity contribution >= 4 is 5.91 Å². The summed E-state index contributed by atoms with van der Waals surface area (Å²) in [5.74, 6) is 0.0698. The fourth-order valence-corrected chi connectivity index (χ4v) is 1.40. The molecule has 0 saturated carbocycles. The van der Waals surface area contributed by atoms with Crippen molar-refractivity contribution in [3.05, 3.63) is 42.3 Å². The summed E-state index contributed by atoms with van der Waals surface area (Å²) >= 11 is 0. The van der Waals surface area contributed by atoms with Crippen molar-refractivity contribution in [1.82, 2.24) is 4.98 Å². The number of hydrogen-bond donors (Lipinski definition) is 1. The maximum atomic E-state index is 11.3. The minimum absolute atomic E-state index is 0.426. The number of primary amides is 1. The molecule has 1 aromatic heterocycles. The van der Waals surface area contributed by atoms with E-state index in [4.69, 9.17) is 10.2 Å². The molecule has 0 radical (unpaired) electrons. The predicted molar refractivity (Wildman–Crippen MR) is 64.2 cm³/mol. The van der Waals surface area contributed by atoms with Crippen LogP contribution in [0.3, 0.4) is 0 Å². The third-order valence-corrected chi connectivity index (χ3v) is 2.78. The molecule has 0 aliphatic carbocycles. The number of nitrogens with two attached hydrogens (primary N) is 1. The molecule has 17 heavy (non-hydrogen) atoms. The first-order valence-electron chi connectivity index (χ1n) is 5.33. The molecule has 88 valence electrons. The van der Waals surface area contributed by atoms with Gasteiger partial charge < -0.3 is 10.2 Å². The molecule has 4 nitrogen and oxygen atoms in total. The van der Waals surface area contributed by atoms with Crippen molar-refractivity contribution < 1.29 is 9.21 Å². The van der Waals surface area contributed by atoms with Gasteiger partial charge in [-0.25, -0.2) is 4.98 Å². The molecular formula is C13H14N2O2. The van der Waals surface area contributed by atoms with Crippen molar-refractivity contribution in [2.24, 2.45) is 5.73 Å². The Morgan fingerprint density at radius 1 is 1.29 bits per heavy atom. The Hall–Kier alpha value is -2.10. The molecule has 0 atom stereocenters. The molecular weight excluding hydrogens is 216 g/mol. The van der Waals surface area contributed by atoms with Gasteiger partial charge in [0, 0.05) is 5.56 Å². The van der Waals surface area contributed by atoms with Gasteiger partial charge in [-0.2, -0.15) is 0 Å². The standard InChI is InChI=1S/C13H14N2O2/c1-13(2,12(14)16)10-8-17-11(15-10)9-6-4-3-5-7-9/h3-8H,1-2H3,(H2,14,16). The quantitative estimate of drug-likeness (QED) is 0.877. The second-order valence-electron chi connectivity index (χ2n) is 4.39. The Bertz CT molecular complexity index is 529. The number of rotatable bonds is 3. The van der Waals surface area contributed by atoms with Gasteiger partial charge in [0.05, 0.1) is 11.1 Å². The summed E-state index contributed by atoms with van der Waals surface area (Å²) in [5, 5.41) is 0. The van der Waals surface area contributed by atoms with E-state index in [2.05, 4.69) is 4.98 Å². The van der Waals surface area contributed by atoms with Gasteiger partial charge >= 0.3 is 0 Å². The van der Waals surface area contributed by atoms with Gasteiger partial charge in [-0.3, -0.25) is 4.79 Å². The van der Waals surface area contributed by atoms with E-state index in [0.717, 1.165) is 5.56 Å². The lowest BCUT2D eigenvalue weighted by molar-refractivity contribution is -0.122. The van der Waals surface area contributed by atoms with Crippen LogP contribution >= 0.6 is 0 Å². The lowest BCUT2D eigenvalue weighted by atomic mass is 9.89. The maximum absolute atomic E-state index is 11.3. The number of nitrogens with zero attached hydrogens (tertiary/aromatic N) is 1. The topological polar surface area (TPSA) is 69.1 Å². The van der Waals surface area contributed by atoms with E-state index < -0.39 is 11.3 Å². The van der Waals surface area contributed by atoms with Gasteiger partial charge in [0.25, 0.3) is 0 Å². The molecule has 1 heterocycles. The molecule has 0 aliphatic rings. The molecule has 0 aliphatic heterocycles. The van der Waals surface area contributed by atoms with Crippen molar-refractivity contribution in [1.29, 1.82) is 0 Å². The van der Waals surface area contributed by atoms with Crippen molar-refractivity contribution in [2.45, 2.75) is 19.3 Å². The average molecular weight is 230 g/mol. The first-order valence-corrected chi connectivity index (χ1v) is 5.33. The van der Waals surface area contributed by atoms with Crippen LogP contribution in [-0.2, 0) is 10.2 Å². The van der Waals surface area contributed by atoms with Crippen LogP contribution in [0.4, 0.5) is 0 Å². The molecule has 1 aromatic carbocycles. The molecule has 2 aromatic rings. The highest BCUT2D eigenvalue weighted by atomic mass is 16.3. The van der Waals surface area contributed by atoms with Crippen LogP contribution in [0.25, 0.3) is 11.5 Å². The summed E-state index contributed by atoms with van der Waals surface area (Å²) < 4.78 is 5.37. The van der Waals surface area contributed by atoms with E-state index >= 15 is 0 Å². The predicted octanol–water partition coefficient (Wildman–Crippen LogP) is 2.10. The van der Waals surface area contributed by atoms with E-state index in [1.165, 1.54) is 6.26 Å². The minimum Gasteiger partial charge on any atom is -0.444 e. The first-order chi connectivity index (χ1) is 8.01. The summed E-state index contributed by atoms with van der Waals surface area (Å²) in [5.41, 5.74) is 5.93. The molecule has 0 bridgehead atoms. The summed E-state index contributed by atoms with van der Waals surface area (Å²) in [4.78, 5) is 15.6. The number of hydrogen-bond acceptors (Lipinski definition) is 3. The fraction of sp³-hybridized carbons (Fsp3) is 0.231. The second kappa shape index (κ2) is 4.05. The van der Waals surface area contributed by atoms with Gasteiger partial charge in [0.1, 0.15) is 6.26 Å². The summed E-state index contributed by atoms with van der Waals surface area (Å²) in [7, 11) is 0. The largest absolute Gasteiger partial charge is 0.444 e. The number of oxazole rings is 1. The normalized spacial score (nSPS) is 11.4. The summed E-state index contributed by atoms with van der Waals surface area (Å²) in [6, 6.07) is 9.51. The smallest absolute Gasteiger partial charge is 0.229 e. The zero-order valence-corrected chi connectivity index (χ0v) is 9.81. The molecule has 1 amide bonds. The lowest BCUT2D eigenvalue weighted by Crippen LogP contribution is -2.35.